The molecule has 1 aliphatic heterocycles. The van der Waals surface area contributed by atoms with Crippen LogP contribution in [0.25, 0.3) is 11.3 Å². The molecule has 11 heteroatoms. The zero-order chi connectivity index (χ0) is 26.7. The summed E-state index contributed by atoms with van der Waals surface area (Å²) in [4.78, 5) is 26.0. The molecule has 1 fully saturated rings. The summed E-state index contributed by atoms with van der Waals surface area (Å²) in [6.07, 6.45) is -1.40. The summed E-state index contributed by atoms with van der Waals surface area (Å²) in [7, 11) is 0. The molecule has 1 aromatic heterocycles. The SMILES string of the molecule is CC(C)(C)C1COC(c2ccc(NC(=O)c3cc(-c4cccc(OC(F)F)c4)n[nH]3)cc2)CN1C(=O)O. The lowest BCUT2D eigenvalue weighted by Gasteiger charge is -2.44. The van der Waals surface area contributed by atoms with Gasteiger partial charge in [0.15, 0.2) is 0 Å². The number of anilines is 1. The minimum absolute atomic E-state index is 0.0102. The van der Waals surface area contributed by atoms with Crippen molar-refractivity contribution < 1.29 is 33.0 Å². The van der Waals surface area contributed by atoms with Gasteiger partial charge in [0, 0.05) is 11.3 Å². The molecule has 2 amide bonds. The van der Waals surface area contributed by atoms with Crippen molar-refractivity contribution in [1.29, 1.82) is 0 Å². The minimum atomic E-state index is -2.94. The highest BCUT2D eigenvalue weighted by Crippen LogP contribution is 2.33. The molecular weight excluding hydrogens is 486 g/mol. The molecular formula is C26H28F2N4O5. The average molecular weight is 515 g/mol. The van der Waals surface area contributed by atoms with Crippen molar-refractivity contribution in [3.63, 3.8) is 0 Å². The number of H-pyrrole nitrogens is 1. The van der Waals surface area contributed by atoms with Gasteiger partial charge in [-0.3, -0.25) is 14.8 Å². The van der Waals surface area contributed by atoms with Crippen LogP contribution in [0.3, 0.4) is 0 Å². The molecule has 2 aromatic carbocycles. The second kappa shape index (κ2) is 10.6. The second-order valence-electron chi connectivity index (χ2n) is 9.79. The van der Waals surface area contributed by atoms with Crippen molar-refractivity contribution in [3.8, 4) is 17.0 Å². The number of ether oxygens (including phenoxy) is 2. The third-order valence-electron chi connectivity index (χ3n) is 6.16. The van der Waals surface area contributed by atoms with E-state index in [1.807, 2.05) is 20.8 Å². The van der Waals surface area contributed by atoms with Gasteiger partial charge in [-0.15, -0.1) is 0 Å². The largest absolute Gasteiger partial charge is 0.465 e. The Morgan fingerprint density at radius 2 is 1.92 bits per heavy atom. The fraction of sp³-hybridized carbons (Fsp3) is 0.346. The molecule has 0 aliphatic carbocycles. The van der Waals surface area contributed by atoms with Crippen LogP contribution in [0.5, 0.6) is 5.75 Å². The number of nitrogens with one attached hydrogen (secondary N) is 2. The molecule has 9 nitrogen and oxygen atoms in total. The van der Waals surface area contributed by atoms with Crippen LogP contribution in [-0.4, -0.2) is 58.0 Å². The number of alkyl halides is 2. The van der Waals surface area contributed by atoms with E-state index in [0.717, 1.165) is 5.56 Å². The predicted molar refractivity (Wildman–Crippen MR) is 132 cm³/mol. The van der Waals surface area contributed by atoms with Gasteiger partial charge in [-0.1, -0.05) is 45.0 Å². The number of nitrogens with zero attached hydrogens (tertiary/aromatic N) is 2. The Morgan fingerprint density at radius 3 is 2.57 bits per heavy atom. The van der Waals surface area contributed by atoms with Gasteiger partial charge < -0.3 is 19.9 Å². The molecule has 0 bridgehead atoms. The zero-order valence-corrected chi connectivity index (χ0v) is 20.6. The van der Waals surface area contributed by atoms with E-state index >= 15 is 0 Å². The van der Waals surface area contributed by atoms with Gasteiger partial charge in [0.25, 0.3) is 5.91 Å². The molecule has 2 atom stereocenters. The van der Waals surface area contributed by atoms with Crippen molar-refractivity contribution in [2.75, 3.05) is 18.5 Å². The van der Waals surface area contributed by atoms with Crippen LogP contribution in [0.1, 0.15) is 42.9 Å². The van der Waals surface area contributed by atoms with Crippen LogP contribution >= 0.6 is 0 Å². The van der Waals surface area contributed by atoms with Gasteiger partial charge in [0.05, 0.1) is 24.9 Å². The number of halogens is 2. The number of morpholine rings is 1. The Hall–Kier alpha value is -3.99. The Kier molecular flexibility index (Phi) is 7.44. The Morgan fingerprint density at radius 1 is 1.19 bits per heavy atom. The molecule has 1 aliphatic rings. The van der Waals surface area contributed by atoms with E-state index in [1.54, 1.807) is 36.4 Å². The molecule has 3 aromatic rings. The number of carbonyl (C=O) groups excluding carboxylic acids is 1. The predicted octanol–water partition coefficient (Wildman–Crippen LogP) is 5.40. The van der Waals surface area contributed by atoms with Crippen LogP contribution in [0.4, 0.5) is 19.3 Å². The Labute approximate surface area is 212 Å². The Balaban J connectivity index is 1.40. The van der Waals surface area contributed by atoms with E-state index in [-0.39, 0.29) is 36.1 Å². The Bertz CT molecular complexity index is 1260. The van der Waals surface area contributed by atoms with Crippen LogP contribution in [0, 0.1) is 5.41 Å². The lowest BCUT2D eigenvalue weighted by atomic mass is 9.85. The molecule has 0 spiro atoms. The normalized spacial score (nSPS) is 18.1. The van der Waals surface area contributed by atoms with Crippen LogP contribution in [0.15, 0.2) is 54.6 Å². The summed E-state index contributed by atoms with van der Waals surface area (Å²) in [5.41, 5.74) is 2.15. The summed E-state index contributed by atoms with van der Waals surface area (Å²) in [6, 6.07) is 14.3. The number of hydrogen-bond acceptors (Lipinski definition) is 5. The van der Waals surface area contributed by atoms with E-state index in [1.165, 1.54) is 23.1 Å². The third-order valence-corrected chi connectivity index (χ3v) is 6.16. The molecule has 3 N–H and O–H groups in total. The molecule has 2 heterocycles. The average Bonchev–Trinajstić information content (AvgIpc) is 3.34. The van der Waals surface area contributed by atoms with E-state index in [9.17, 15) is 23.5 Å². The highest BCUT2D eigenvalue weighted by molar-refractivity contribution is 6.03. The minimum Gasteiger partial charge on any atom is -0.465 e. The first-order valence-electron chi connectivity index (χ1n) is 11.6. The monoisotopic (exact) mass is 514 g/mol. The van der Waals surface area contributed by atoms with Crippen LogP contribution in [0.2, 0.25) is 0 Å². The lowest BCUT2D eigenvalue weighted by molar-refractivity contribution is -0.0836. The number of hydrogen-bond donors (Lipinski definition) is 3. The van der Waals surface area contributed by atoms with Gasteiger partial charge in [-0.25, -0.2) is 4.79 Å². The first kappa shape index (κ1) is 26.1. The standard InChI is InChI=1S/C26H28F2N4O5/c1-26(2,3)22-14-36-21(13-32(22)25(34)35)15-7-9-17(10-8-15)29-23(33)20-12-19(30-31-20)16-5-4-6-18(11-16)37-24(27)28/h4-12,21-22,24H,13-14H2,1-3H3,(H,29,33)(H,30,31)(H,34,35). The van der Waals surface area contributed by atoms with Gasteiger partial charge in [0.1, 0.15) is 17.5 Å². The maximum atomic E-state index is 12.7. The summed E-state index contributed by atoms with van der Waals surface area (Å²) >= 11 is 0. The van der Waals surface area contributed by atoms with Crippen molar-refractivity contribution in [2.45, 2.75) is 39.5 Å². The first-order chi connectivity index (χ1) is 17.5. The van der Waals surface area contributed by atoms with Crippen molar-refractivity contribution in [1.82, 2.24) is 15.1 Å². The number of carboxylic acid groups (broad SMARTS) is 1. The van der Waals surface area contributed by atoms with Crippen molar-refractivity contribution in [2.24, 2.45) is 5.41 Å². The molecule has 0 saturated carbocycles. The van der Waals surface area contributed by atoms with Crippen LogP contribution in [-0.2, 0) is 4.74 Å². The number of amides is 2. The van der Waals surface area contributed by atoms with E-state index in [2.05, 4.69) is 20.3 Å². The number of benzene rings is 2. The highest BCUT2D eigenvalue weighted by Gasteiger charge is 2.39. The fourth-order valence-electron chi connectivity index (χ4n) is 4.18. The van der Waals surface area contributed by atoms with Gasteiger partial charge in [-0.2, -0.15) is 13.9 Å². The maximum absolute atomic E-state index is 12.7. The molecule has 37 heavy (non-hydrogen) atoms. The quantitative estimate of drug-likeness (QED) is 0.406. The van der Waals surface area contributed by atoms with E-state index < -0.39 is 24.7 Å². The zero-order valence-electron chi connectivity index (χ0n) is 20.6. The number of aromatic nitrogens is 2. The van der Waals surface area contributed by atoms with Crippen molar-refractivity contribution >= 4 is 17.7 Å². The summed E-state index contributed by atoms with van der Waals surface area (Å²) in [5.74, 6) is -0.450. The number of rotatable bonds is 6. The third kappa shape index (κ3) is 6.23. The highest BCUT2D eigenvalue weighted by atomic mass is 19.3. The van der Waals surface area contributed by atoms with E-state index in [0.29, 0.717) is 16.9 Å². The molecule has 196 valence electrons. The summed E-state index contributed by atoms with van der Waals surface area (Å²) in [6.45, 7) is 3.51. The maximum Gasteiger partial charge on any atom is 0.407 e. The molecule has 2 unspecified atom stereocenters. The lowest BCUT2D eigenvalue weighted by Crippen LogP contribution is -2.54. The first-order valence-corrected chi connectivity index (χ1v) is 11.6. The number of aromatic amines is 1. The second-order valence-corrected chi connectivity index (χ2v) is 9.79. The fourth-order valence-corrected chi connectivity index (χ4v) is 4.18. The summed E-state index contributed by atoms with van der Waals surface area (Å²) < 4.78 is 35.4. The van der Waals surface area contributed by atoms with E-state index in [4.69, 9.17) is 4.74 Å². The smallest absolute Gasteiger partial charge is 0.407 e. The molecule has 0 radical (unpaired) electrons. The van der Waals surface area contributed by atoms with Gasteiger partial charge in [0.2, 0.25) is 0 Å². The van der Waals surface area contributed by atoms with Gasteiger partial charge >= 0.3 is 12.7 Å². The molecule has 1 saturated heterocycles. The summed E-state index contributed by atoms with van der Waals surface area (Å²) in [5, 5.41) is 19.2. The number of carbonyl (C=O) groups is 2. The van der Waals surface area contributed by atoms with Crippen LogP contribution < -0.4 is 10.1 Å². The van der Waals surface area contributed by atoms with Gasteiger partial charge in [-0.05, 0) is 41.3 Å². The molecule has 4 rings (SSSR count). The van der Waals surface area contributed by atoms with Crippen molar-refractivity contribution in [3.05, 3.63) is 65.9 Å². The topological polar surface area (TPSA) is 117 Å².